The molecule has 0 aliphatic heterocycles. The number of hydrogen-bond donors (Lipinski definition) is 1. The standard InChI is InChI=1S/C14H16O/c15-14-11-5-10-13(14)9-4-8-12-6-2-1-3-7-12/h1-4,6-9,14-15H,5,10-11H2/b8-4+,13-9+. The molecule has 0 heterocycles. The van der Waals surface area contributed by atoms with Crippen LogP contribution in [0.2, 0.25) is 0 Å². The van der Waals surface area contributed by atoms with E-state index in [2.05, 4.69) is 18.2 Å². The van der Waals surface area contributed by atoms with Crippen LogP contribution in [0.5, 0.6) is 0 Å². The maximum Gasteiger partial charge on any atom is 0.0753 e. The van der Waals surface area contributed by atoms with Crippen molar-refractivity contribution in [2.75, 3.05) is 0 Å². The van der Waals surface area contributed by atoms with E-state index in [1.165, 1.54) is 11.1 Å². The van der Waals surface area contributed by atoms with Crippen LogP contribution in [0, 0.1) is 0 Å². The van der Waals surface area contributed by atoms with Crippen molar-refractivity contribution in [3.8, 4) is 0 Å². The Bertz CT molecular complexity index is 362. The molecule has 0 amide bonds. The van der Waals surface area contributed by atoms with E-state index in [9.17, 15) is 5.11 Å². The van der Waals surface area contributed by atoms with Crippen molar-refractivity contribution in [1.29, 1.82) is 0 Å². The largest absolute Gasteiger partial charge is 0.389 e. The zero-order valence-corrected chi connectivity index (χ0v) is 8.76. The fourth-order valence-corrected chi connectivity index (χ4v) is 1.89. The summed E-state index contributed by atoms with van der Waals surface area (Å²) in [5.41, 5.74) is 2.36. The average Bonchev–Trinajstić information content (AvgIpc) is 2.66. The SMILES string of the molecule is OC1CCC/C1=C\C=C\c1ccccc1. The molecule has 1 N–H and O–H groups in total. The maximum absolute atomic E-state index is 9.58. The van der Waals surface area contributed by atoms with Gasteiger partial charge in [0.1, 0.15) is 0 Å². The van der Waals surface area contributed by atoms with Crippen molar-refractivity contribution < 1.29 is 5.11 Å². The minimum absolute atomic E-state index is 0.203. The third-order valence-electron chi connectivity index (χ3n) is 2.77. The van der Waals surface area contributed by atoms with Crippen LogP contribution in [0.1, 0.15) is 24.8 Å². The second kappa shape index (κ2) is 4.94. The van der Waals surface area contributed by atoms with E-state index in [0.717, 1.165) is 19.3 Å². The van der Waals surface area contributed by atoms with Crippen molar-refractivity contribution in [1.82, 2.24) is 0 Å². The quantitative estimate of drug-likeness (QED) is 0.777. The highest BCUT2D eigenvalue weighted by Gasteiger charge is 2.16. The van der Waals surface area contributed by atoms with Crippen molar-refractivity contribution in [2.24, 2.45) is 0 Å². The molecule has 1 fully saturated rings. The first-order valence-corrected chi connectivity index (χ1v) is 5.46. The van der Waals surface area contributed by atoms with Crippen LogP contribution < -0.4 is 0 Å². The van der Waals surface area contributed by atoms with Gasteiger partial charge in [-0.05, 0) is 30.4 Å². The van der Waals surface area contributed by atoms with Gasteiger partial charge in [-0.2, -0.15) is 0 Å². The van der Waals surface area contributed by atoms with Gasteiger partial charge in [0.25, 0.3) is 0 Å². The monoisotopic (exact) mass is 200 g/mol. The topological polar surface area (TPSA) is 20.2 Å². The number of allylic oxidation sites excluding steroid dienone is 2. The smallest absolute Gasteiger partial charge is 0.0753 e. The first-order chi connectivity index (χ1) is 7.36. The van der Waals surface area contributed by atoms with E-state index < -0.39 is 0 Å². The third-order valence-corrected chi connectivity index (χ3v) is 2.77. The fourth-order valence-electron chi connectivity index (χ4n) is 1.89. The Kier molecular flexibility index (Phi) is 3.36. The number of aliphatic hydroxyl groups excluding tert-OH is 1. The molecule has 1 heteroatoms. The first-order valence-electron chi connectivity index (χ1n) is 5.46. The van der Waals surface area contributed by atoms with Crippen molar-refractivity contribution >= 4 is 6.08 Å². The number of rotatable bonds is 2. The minimum atomic E-state index is -0.203. The molecule has 0 spiro atoms. The minimum Gasteiger partial charge on any atom is -0.389 e. The second-order valence-electron chi connectivity index (χ2n) is 3.92. The van der Waals surface area contributed by atoms with Crippen molar-refractivity contribution in [3.63, 3.8) is 0 Å². The molecule has 0 radical (unpaired) electrons. The van der Waals surface area contributed by atoms with Gasteiger partial charge in [-0.3, -0.25) is 0 Å². The lowest BCUT2D eigenvalue weighted by atomic mass is 10.1. The van der Waals surface area contributed by atoms with Gasteiger partial charge in [-0.1, -0.05) is 48.6 Å². The molecule has 1 aromatic rings. The molecule has 1 nitrogen and oxygen atoms in total. The summed E-state index contributed by atoms with van der Waals surface area (Å²) in [5.74, 6) is 0. The molecule has 1 unspecified atom stereocenters. The van der Waals surface area contributed by atoms with Crippen LogP contribution in [0.25, 0.3) is 6.08 Å². The van der Waals surface area contributed by atoms with E-state index in [1.807, 2.05) is 30.4 Å². The van der Waals surface area contributed by atoms with E-state index in [-0.39, 0.29) is 6.10 Å². The van der Waals surface area contributed by atoms with Gasteiger partial charge in [-0.15, -0.1) is 0 Å². The molecular formula is C14H16O. The maximum atomic E-state index is 9.58. The third kappa shape index (κ3) is 2.80. The molecule has 0 saturated heterocycles. The van der Waals surface area contributed by atoms with Gasteiger partial charge in [0.05, 0.1) is 6.10 Å². The van der Waals surface area contributed by atoms with E-state index in [1.54, 1.807) is 0 Å². The highest BCUT2D eigenvalue weighted by atomic mass is 16.3. The molecule has 1 aliphatic rings. The van der Waals surface area contributed by atoms with Gasteiger partial charge in [0.15, 0.2) is 0 Å². The first kappa shape index (κ1) is 10.2. The molecule has 1 saturated carbocycles. The Morgan fingerprint density at radius 3 is 2.67 bits per heavy atom. The van der Waals surface area contributed by atoms with Gasteiger partial charge in [0, 0.05) is 0 Å². The molecule has 2 rings (SSSR count). The molecule has 0 aromatic heterocycles. The zero-order chi connectivity index (χ0) is 10.5. The second-order valence-corrected chi connectivity index (χ2v) is 3.92. The predicted octanol–water partition coefficient (Wildman–Crippen LogP) is 3.17. The van der Waals surface area contributed by atoms with Crippen LogP contribution >= 0.6 is 0 Å². The Hall–Kier alpha value is -1.34. The van der Waals surface area contributed by atoms with Crippen LogP contribution in [0.3, 0.4) is 0 Å². The average molecular weight is 200 g/mol. The Morgan fingerprint density at radius 1 is 1.20 bits per heavy atom. The zero-order valence-electron chi connectivity index (χ0n) is 8.76. The highest BCUT2D eigenvalue weighted by molar-refractivity contribution is 5.51. The van der Waals surface area contributed by atoms with Crippen LogP contribution in [-0.2, 0) is 0 Å². The van der Waals surface area contributed by atoms with E-state index in [0.29, 0.717) is 0 Å². The number of aliphatic hydroxyl groups is 1. The Morgan fingerprint density at radius 2 is 2.00 bits per heavy atom. The molecule has 78 valence electrons. The Balaban J connectivity index is 2.01. The van der Waals surface area contributed by atoms with Gasteiger partial charge < -0.3 is 5.11 Å². The molecular weight excluding hydrogens is 184 g/mol. The molecule has 15 heavy (non-hydrogen) atoms. The van der Waals surface area contributed by atoms with Crippen LogP contribution in [0.4, 0.5) is 0 Å². The van der Waals surface area contributed by atoms with Gasteiger partial charge in [0.2, 0.25) is 0 Å². The van der Waals surface area contributed by atoms with Crippen molar-refractivity contribution in [3.05, 3.63) is 53.6 Å². The van der Waals surface area contributed by atoms with E-state index >= 15 is 0 Å². The summed E-state index contributed by atoms with van der Waals surface area (Å²) in [6.07, 6.45) is 9.02. The van der Waals surface area contributed by atoms with Crippen molar-refractivity contribution in [2.45, 2.75) is 25.4 Å². The van der Waals surface area contributed by atoms with Gasteiger partial charge >= 0.3 is 0 Å². The summed E-state index contributed by atoms with van der Waals surface area (Å²) in [7, 11) is 0. The highest BCUT2D eigenvalue weighted by Crippen LogP contribution is 2.24. The molecule has 1 aliphatic carbocycles. The normalized spacial score (nSPS) is 24.1. The van der Waals surface area contributed by atoms with E-state index in [4.69, 9.17) is 0 Å². The lowest BCUT2D eigenvalue weighted by Gasteiger charge is -2.00. The predicted molar refractivity (Wildman–Crippen MR) is 63.4 cm³/mol. The Labute approximate surface area is 90.8 Å². The summed E-state index contributed by atoms with van der Waals surface area (Å²) in [6.45, 7) is 0. The fraction of sp³-hybridized carbons (Fsp3) is 0.286. The summed E-state index contributed by atoms with van der Waals surface area (Å²) < 4.78 is 0. The molecule has 0 bridgehead atoms. The molecule has 1 atom stereocenters. The summed E-state index contributed by atoms with van der Waals surface area (Å²) in [6, 6.07) is 10.2. The lowest BCUT2D eigenvalue weighted by Crippen LogP contribution is -2.00. The summed E-state index contributed by atoms with van der Waals surface area (Å²) in [5, 5.41) is 9.58. The van der Waals surface area contributed by atoms with Crippen LogP contribution in [-0.4, -0.2) is 11.2 Å². The summed E-state index contributed by atoms with van der Waals surface area (Å²) in [4.78, 5) is 0. The summed E-state index contributed by atoms with van der Waals surface area (Å²) >= 11 is 0. The van der Waals surface area contributed by atoms with Crippen LogP contribution in [0.15, 0.2) is 48.1 Å². The molecule has 1 aromatic carbocycles. The number of hydrogen-bond acceptors (Lipinski definition) is 1. The lowest BCUT2D eigenvalue weighted by molar-refractivity contribution is 0.218. The number of benzene rings is 1. The van der Waals surface area contributed by atoms with Gasteiger partial charge in [-0.25, -0.2) is 0 Å².